The molecule has 1 aromatic heterocycles. The van der Waals surface area contributed by atoms with Crippen molar-refractivity contribution >= 4 is 22.9 Å². The lowest BCUT2D eigenvalue weighted by Crippen LogP contribution is -2.34. The van der Waals surface area contributed by atoms with E-state index in [1.807, 2.05) is 31.2 Å². The number of aliphatic hydroxyl groups is 1. The Morgan fingerprint density at radius 2 is 2.00 bits per heavy atom. The molecule has 3 rings (SSSR count). The molecule has 0 bridgehead atoms. The average Bonchev–Trinajstić information content (AvgIpc) is 2.85. The van der Waals surface area contributed by atoms with E-state index < -0.39 is 5.60 Å². The van der Waals surface area contributed by atoms with Crippen LogP contribution in [0.5, 0.6) is 0 Å². The molecule has 0 saturated heterocycles. The lowest BCUT2D eigenvalue weighted by molar-refractivity contribution is -0.129. The molecule has 1 atom stereocenters. The molecule has 1 aromatic carbocycles. The zero-order valence-corrected chi connectivity index (χ0v) is 10.0. The Bertz CT molecular complexity index is 605. The van der Waals surface area contributed by atoms with Crippen LogP contribution in [0.15, 0.2) is 36.4 Å². The Kier molecular flexibility index (Phi) is 2.11. The molecule has 86 valence electrons. The van der Waals surface area contributed by atoms with Crippen LogP contribution in [0.1, 0.15) is 15.3 Å². The molecule has 0 saturated carbocycles. The van der Waals surface area contributed by atoms with E-state index >= 15 is 0 Å². The topological polar surface area (TPSA) is 49.3 Å². The van der Waals surface area contributed by atoms with Crippen molar-refractivity contribution < 1.29 is 9.90 Å². The maximum Gasteiger partial charge on any atom is 0.266 e. The monoisotopic (exact) mass is 245 g/mol. The van der Waals surface area contributed by atoms with E-state index in [1.165, 1.54) is 11.3 Å². The zero-order chi connectivity index (χ0) is 12.0. The highest BCUT2D eigenvalue weighted by molar-refractivity contribution is 7.12. The predicted molar refractivity (Wildman–Crippen MR) is 67.1 cm³/mol. The van der Waals surface area contributed by atoms with Crippen molar-refractivity contribution in [3.05, 3.63) is 51.7 Å². The Morgan fingerprint density at radius 3 is 2.71 bits per heavy atom. The Morgan fingerprint density at radius 1 is 1.24 bits per heavy atom. The third-order valence-electron chi connectivity index (χ3n) is 2.99. The summed E-state index contributed by atoms with van der Waals surface area (Å²) in [5, 5.41) is 13.4. The molecular formula is C13H11NO2S. The van der Waals surface area contributed by atoms with Gasteiger partial charge in [-0.15, -0.1) is 11.3 Å². The summed E-state index contributed by atoms with van der Waals surface area (Å²) in [5.74, 6) is -0.374. The van der Waals surface area contributed by atoms with Gasteiger partial charge < -0.3 is 10.4 Å². The molecule has 2 aromatic rings. The number of carbonyl (C=O) groups excluding carboxylic acids is 1. The molecule has 1 amide bonds. The molecule has 1 aliphatic rings. The highest BCUT2D eigenvalue weighted by Gasteiger charge is 2.47. The summed E-state index contributed by atoms with van der Waals surface area (Å²) < 4.78 is 0. The van der Waals surface area contributed by atoms with Crippen LogP contribution < -0.4 is 5.32 Å². The fourth-order valence-corrected chi connectivity index (χ4v) is 3.09. The molecule has 1 aliphatic heterocycles. The second-order valence-corrected chi connectivity index (χ2v) is 5.41. The van der Waals surface area contributed by atoms with E-state index in [9.17, 15) is 9.90 Å². The summed E-state index contributed by atoms with van der Waals surface area (Å²) in [5.41, 5.74) is -0.215. The number of anilines is 1. The SMILES string of the molecule is Cc1ccc(C2(O)C(=O)Nc3ccccc32)s1. The van der Waals surface area contributed by atoms with Gasteiger partial charge in [-0.2, -0.15) is 0 Å². The average molecular weight is 245 g/mol. The number of nitrogens with one attached hydrogen (secondary N) is 1. The first-order valence-electron chi connectivity index (χ1n) is 5.32. The summed E-state index contributed by atoms with van der Waals surface area (Å²) in [6.07, 6.45) is 0. The van der Waals surface area contributed by atoms with E-state index in [2.05, 4.69) is 5.32 Å². The van der Waals surface area contributed by atoms with Gasteiger partial charge in [0.15, 0.2) is 0 Å². The molecular weight excluding hydrogens is 234 g/mol. The first kappa shape index (κ1) is 10.5. The summed E-state index contributed by atoms with van der Waals surface area (Å²) >= 11 is 1.44. The van der Waals surface area contributed by atoms with Crippen LogP contribution in [-0.2, 0) is 10.4 Å². The van der Waals surface area contributed by atoms with Gasteiger partial charge in [-0.05, 0) is 25.1 Å². The molecule has 0 spiro atoms. The quantitative estimate of drug-likeness (QED) is 0.809. The number of benzene rings is 1. The van der Waals surface area contributed by atoms with Gasteiger partial charge in [0.1, 0.15) is 0 Å². The second-order valence-electron chi connectivity index (χ2n) is 4.12. The third-order valence-corrected chi connectivity index (χ3v) is 4.10. The summed E-state index contributed by atoms with van der Waals surface area (Å²) in [4.78, 5) is 13.7. The van der Waals surface area contributed by atoms with Crippen molar-refractivity contribution in [1.82, 2.24) is 0 Å². The van der Waals surface area contributed by atoms with Crippen LogP contribution >= 0.6 is 11.3 Å². The molecule has 0 radical (unpaired) electrons. The fourth-order valence-electron chi connectivity index (χ4n) is 2.12. The number of rotatable bonds is 1. The smallest absolute Gasteiger partial charge is 0.266 e. The van der Waals surface area contributed by atoms with Crippen molar-refractivity contribution in [2.45, 2.75) is 12.5 Å². The standard InChI is InChI=1S/C13H11NO2S/c1-8-6-7-11(17-8)13(16)9-4-2-3-5-10(9)14-12(13)15/h2-7,16H,1H3,(H,14,15). The third kappa shape index (κ3) is 1.34. The highest BCUT2D eigenvalue weighted by Crippen LogP contribution is 2.42. The molecule has 0 fully saturated rings. The molecule has 4 heteroatoms. The van der Waals surface area contributed by atoms with Crippen LogP contribution in [0.3, 0.4) is 0 Å². The minimum atomic E-state index is -1.53. The minimum absolute atomic E-state index is 0.374. The molecule has 3 nitrogen and oxygen atoms in total. The van der Waals surface area contributed by atoms with E-state index in [0.717, 1.165) is 4.88 Å². The van der Waals surface area contributed by atoms with Crippen molar-refractivity contribution in [2.24, 2.45) is 0 Å². The molecule has 2 heterocycles. The number of hydrogen-bond donors (Lipinski definition) is 2. The van der Waals surface area contributed by atoms with E-state index in [4.69, 9.17) is 0 Å². The number of carbonyl (C=O) groups is 1. The number of amides is 1. The van der Waals surface area contributed by atoms with E-state index in [0.29, 0.717) is 16.1 Å². The number of thiophene rings is 1. The number of hydrogen-bond acceptors (Lipinski definition) is 3. The van der Waals surface area contributed by atoms with Gasteiger partial charge in [0.25, 0.3) is 5.91 Å². The highest BCUT2D eigenvalue weighted by atomic mass is 32.1. The number of fused-ring (bicyclic) bond motifs is 1. The number of aryl methyl sites for hydroxylation is 1. The minimum Gasteiger partial charge on any atom is -0.371 e. The van der Waals surface area contributed by atoms with Crippen LogP contribution in [0.4, 0.5) is 5.69 Å². The van der Waals surface area contributed by atoms with Crippen LogP contribution in [0, 0.1) is 6.92 Å². The van der Waals surface area contributed by atoms with Crippen molar-refractivity contribution in [3.8, 4) is 0 Å². The zero-order valence-electron chi connectivity index (χ0n) is 9.23. The lowest BCUT2D eigenvalue weighted by atomic mass is 9.94. The summed E-state index contributed by atoms with van der Waals surface area (Å²) in [6.45, 7) is 1.95. The molecule has 17 heavy (non-hydrogen) atoms. The van der Waals surface area contributed by atoms with Gasteiger partial charge in [0, 0.05) is 16.1 Å². The van der Waals surface area contributed by atoms with Gasteiger partial charge in [0.2, 0.25) is 5.60 Å². The van der Waals surface area contributed by atoms with Gasteiger partial charge in [-0.3, -0.25) is 4.79 Å². The first-order valence-corrected chi connectivity index (χ1v) is 6.14. The Labute approximate surface area is 103 Å². The second kappa shape index (κ2) is 3.42. The van der Waals surface area contributed by atoms with Crippen molar-refractivity contribution in [1.29, 1.82) is 0 Å². The van der Waals surface area contributed by atoms with Gasteiger partial charge >= 0.3 is 0 Å². The maximum absolute atomic E-state index is 12.0. The van der Waals surface area contributed by atoms with Gasteiger partial charge in [0.05, 0.1) is 4.88 Å². The van der Waals surface area contributed by atoms with Gasteiger partial charge in [-0.25, -0.2) is 0 Å². The first-order chi connectivity index (χ1) is 8.12. The van der Waals surface area contributed by atoms with E-state index in [1.54, 1.807) is 12.1 Å². The fraction of sp³-hybridized carbons (Fsp3) is 0.154. The van der Waals surface area contributed by atoms with Crippen molar-refractivity contribution in [2.75, 3.05) is 5.32 Å². The Balaban J connectivity index is 2.23. The van der Waals surface area contributed by atoms with E-state index in [-0.39, 0.29) is 5.91 Å². The van der Waals surface area contributed by atoms with Crippen LogP contribution in [0.2, 0.25) is 0 Å². The van der Waals surface area contributed by atoms with Crippen LogP contribution in [0.25, 0.3) is 0 Å². The summed E-state index contributed by atoms with van der Waals surface area (Å²) in [6, 6.07) is 11.0. The number of para-hydroxylation sites is 1. The molecule has 1 unspecified atom stereocenters. The predicted octanol–water partition coefficient (Wildman–Crippen LogP) is 2.24. The normalized spacial score (nSPS) is 22.4. The lowest BCUT2D eigenvalue weighted by Gasteiger charge is -2.18. The maximum atomic E-state index is 12.0. The largest absolute Gasteiger partial charge is 0.371 e. The van der Waals surface area contributed by atoms with Crippen molar-refractivity contribution in [3.63, 3.8) is 0 Å². The Hall–Kier alpha value is -1.65. The van der Waals surface area contributed by atoms with Gasteiger partial charge in [-0.1, -0.05) is 18.2 Å². The molecule has 2 N–H and O–H groups in total. The van der Waals surface area contributed by atoms with Crippen LogP contribution in [-0.4, -0.2) is 11.0 Å². The molecule has 0 aliphatic carbocycles. The summed E-state index contributed by atoms with van der Waals surface area (Å²) in [7, 11) is 0.